The van der Waals surface area contributed by atoms with Gasteiger partial charge in [0.15, 0.2) is 0 Å². The topological polar surface area (TPSA) is 38.8 Å². The summed E-state index contributed by atoms with van der Waals surface area (Å²) >= 11 is 0. The number of anilines is 1. The van der Waals surface area contributed by atoms with Crippen LogP contribution in [0.25, 0.3) is 10.8 Å². The van der Waals surface area contributed by atoms with Crippen LogP contribution in [0.1, 0.15) is 0 Å². The smallest absolute Gasteiger partial charge is 0.253 e. The van der Waals surface area contributed by atoms with Crippen molar-refractivity contribution in [2.24, 2.45) is 0 Å². The molecule has 0 aliphatic carbocycles. The van der Waals surface area contributed by atoms with Gasteiger partial charge in [0.1, 0.15) is 25.1 Å². The Kier molecular flexibility index (Phi) is 4.36. The Hall–Kier alpha value is -2.85. The van der Waals surface area contributed by atoms with Crippen LogP contribution in [0.4, 0.5) is 5.69 Å². The predicted molar refractivity (Wildman–Crippen MR) is 98.0 cm³/mol. The largest absolute Gasteiger partial charge is 0.490 e. The Morgan fingerprint density at radius 1 is 0.960 bits per heavy atom. The third-order valence-electron chi connectivity index (χ3n) is 4.37. The molecule has 1 aliphatic heterocycles. The monoisotopic (exact) mass is 333 g/mol. The fourth-order valence-corrected chi connectivity index (χ4v) is 3.09. The molecule has 0 aromatic heterocycles. The van der Waals surface area contributed by atoms with Crippen molar-refractivity contribution in [2.45, 2.75) is 6.10 Å². The van der Waals surface area contributed by atoms with E-state index in [4.69, 9.17) is 9.47 Å². The Morgan fingerprint density at radius 2 is 1.72 bits per heavy atom. The molecule has 1 aliphatic rings. The number of carbonyl (C=O) groups is 1. The minimum atomic E-state index is -0.156. The first-order chi connectivity index (χ1) is 12.3. The van der Waals surface area contributed by atoms with Crippen LogP contribution in [0.3, 0.4) is 0 Å². The van der Waals surface area contributed by atoms with Crippen LogP contribution in [-0.4, -0.2) is 31.8 Å². The van der Waals surface area contributed by atoms with E-state index in [2.05, 4.69) is 12.1 Å². The third-order valence-corrected chi connectivity index (χ3v) is 4.37. The van der Waals surface area contributed by atoms with E-state index in [1.54, 1.807) is 4.90 Å². The van der Waals surface area contributed by atoms with Crippen LogP contribution in [0, 0.1) is 0 Å². The van der Waals surface area contributed by atoms with E-state index in [-0.39, 0.29) is 18.6 Å². The number of nitrogens with zero attached hydrogens (tertiary/aromatic N) is 1. The van der Waals surface area contributed by atoms with Crippen molar-refractivity contribution in [3.05, 3.63) is 72.8 Å². The minimum Gasteiger partial charge on any atom is -0.490 e. The molecule has 25 heavy (non-hydrogen) atoms. The number of ether oxygens (including phenoxy) is 2. The maximum absolute atomic E-state index is 12.1. The molecule has 1 heterocycles. The summed E-state index contributed by atoms with van der Waals surface area (Å²) in [6.45, 7) is 0.983. The summed E-state index contributed by atoms with van der Waals surface area (Å²) in [7, 11) is 0. The first-order valence-corrected chi connectivity index (χ1v) is 8.39. The van der Waals surface area contributed by atoms with Crippen molar-refractivity contribution in [1.82, 2.24) is 0 Å². The lowest BCUT2D eigenvalue weighted by molar-refractivity contribution is -0.130. The van der Waals surface area contributed by atoms with Crippen LogP contribution < -0.4 is 9.64 Å². The molecule has 1 fully saturated rings. The Balaban J connectivity index is 1.47. The van der Waals surface area contributed by atoms with Gasteiger partial charge in [-0.25, -0.2) is 0 Å². The number of rotatable bonds is 4. The highest BCUT2D eigenvalue weighted by Gasteiger charge is 2.27. The molecule has 126 valence electrons. The molecular weight excluding hydrogens is 314 g/mol. The van der Waals surface area contributed by atoms with Gasteiger partial charge in [-0.15, -0.1) is 0 Å². The van der Waals surface area contributed by atoms with Crippen LogP contribution in [0.15, 0.2) is 72.8 Å². The van der Waals surface area contributed by atoms with Crippen molar-refractivity contribution in [2.75, 3.05) is 24.7 Å². The molecule has 0 N–H and O–H groups in total. The van der Waals surface area contributed by atoms with Gasteiger partial charge in [-0.2, -0.15) is 0 Å². The second-order valence-electron chi connectivity index (χ2n) is 6.06. The Bertz CT molecular complexity index is 873. The molecule has 0 radical (unpaired) electrons. The second kappa shape index (κ2) is 6.95. The molecule has 0 bridgehead atoms. The average Bonchev–Trinajstić information content (AvgIpc) is 2.68. The molecule has 0 saturated carbocycles. The maximum atomic E-state index is 12.1. The average molecular weight is 333 g/mol. The molecule has 0 unspecified atom stereocenters. The number of amides is 1. The van der Waals surface area contributed by atoms with Crippen molar-refractivity contribution in [3.63, 3.8) is 0 Å². The number of benzene rings is 3. The van der Waals surface area contributed by atoms with Crippen LogP contribution in [0.2, 0.25) is 0 Å². The SMILES string of the molecule is O=C1CO[C@@H](COc2cccc3ccccc23)CN1c1ccccc1. The zero-order valence-electron chi connectivity index (χ0n) is 13.8. The first-order valence-electron chi connectivity index (χ1n) is 8.39. The minimum absolute atomic E-state index is 0.0207. The lowest BCUT2D eigenvalue weighted by Gasteiger charge is -2.32. The standard InChI is InChI=1S/C21H19NO3/c23-21-15-24-18(13-22(21)17-9-2-1-3-10-17)14-25-20-12-6-8-16-7-4-5-11-19(16)20/h1-12,18H,13-15H2/t18-/m1/s1. The second-order valence-corrected chi connectivity index (χ2v) is 6.06. The van der Waals surface area contributed by atoms with Gasteiger partial charge in [0.25, 0.3) is 5.91 Å². The van der Waals surface area contributed by atoms with Crippen LogP contribution >= 0.6 is 0 Å². The summed E-state index contributed by atoms with van der Waals surface area (Å²) in [5.41, 5.74) is 0.894. The lowest BCUT2D eigenvalue weighted by atomic mass is 10.1. The van der Waals surface area contributed by atoms with Gasteiger partial charge in [0.2, 0.25) is 0 Å². The Labute approximate surface area is 146 Å². The molecule has 4 nitrogen and oxygen atoms in total. The van der Waals surface area contributed by atoms with Crippen LogP contribution in [-0.2, 0) is 9.53 Å². The summed E-state index contributed by atoms with van der Waals surface area (Å²) in [6, 6.07) is 23.8. The van der Waals surface area contributed by atoms with E-state index >= 15 is 0 Å². The number of para-hydroxylation sites is 1. The van der Waals surface area contributed by atoms with Gasteiger partial charge < -0.3 is 14.4 Å². The number of carbonyl (C=O) groups excluding carboxylic acids is 1. The molecule has 1 amide bonds. The molecule has 3 aromatic rings. The lowest BCUT2D eigenvalue weighted by Crippen LogP contribution is -2.48. The fourth-order valence-electron chi connectivity index (χ4n) is 3.09. The normalized spacial score (nSPS) is 17.7. The van der Waals surface area contributed by atoms with Crippen molar-refractivity contribution < 1.29 is 14.3 Å². The van der Waals surface area contributed by atoms with Gasteiger partial charge in [-0.05, 0) is 23.6 Å². The number of hydrogen-bond donors (Lipinski definition) is 0. The van der Waals surface area contributed by atoms with Crippen molar-refractivity contribution in [1.29, 1.82) is 0 Å². The van der Waals surface area contributed by atoms with Gasteiger partial charge in [0.05, 0.1) is 6.54 Å². The summed E-state index contributed by atoms with van der Waals surface area (Å²) in [5, 5.41) is 2.22. The highest BCUT2D eigenvalue weighted by Crippen LogP contribution is 2.26. The number of fused-ring (bicyclic) bond motifs is 1. The Morgan fingerprint density at radius 3 is 2.60 bits per heavy atom. The van der Waals surface area contributed by atoms with Gasteiger partial charge in [0, 0.05) is 11.1 Å². The van der Waals surface area contributed by atoms with E-state index in [1.165, 1.54) is 0 Å². The van der Waals surface area contributed by atoms with E-state index < -0.39 is 0 Å². The maximum Gasteiger partial charge on any atom is 0.253 e. The fraction of sp³-hybridized carbons (Fsp3) is 0.190. The molecule has 3 aromatic carbocycles. The third kappa shape index (κ3) is 3.35. The zero-order valence-corrected chi connectivity index (χ0v) is 13.8. The number of hydrogen-bond acceptors (Lipinski definition) is 3. The highest BCUT2D eigenvalue weighted by molar-refractivity contribution is 5.95. The molecule has 0 spiro atoms. The highest BCUT2D eigenvalue weighted by atomic mass is 16.5. The number of morpholine rings is 1. The first kappa shape index (κ1) is 15.7. The van der Waals surface area contributed by atoms with Gasteiger partial charge in [-0.1, -0.05) is 54.6 Å². The van der Waals surface area contributed by atoms with E-state index in [0.717, 1.165) is 22.2 Å². The van der Waals surface area contributed by atoms with Crippen molar-refractivity contribution >= 4 is 22.4 Å². The summed E-state index contributed by atoms with van der Waals surface area (Å²) in [5.74, 6) is 0.817. The molecule has 1 saturated heterocycles. The molecule has 4 rings (SSSR count). The van der Waals surface area contributed by atoms with E-state index in [0.29, 0.717) is 13.2 Å². The van der Waals surface area contributed by atoms with E-state index in [9.17, 15) is 4.79 Å². The molecule has 4 heteroatoms. The van der Waals surface area contributed by atoms with Crippen LogP contribution in [0.5, 0.6) is 5.75 Å². The zero-order chi connectivity index (χ0) is 17.1. The van der Waals surface area contributed by atoms with Gasteiger partial charge in [-0.3, -0.25) is 4.79 Å². The summed E-state index contributed by atoms with van der Waals surface area (Å²) in [6.07, 6.45) is -0.156. The van der Waals surface area contributed by atoms with E-state index in [1.807, 2.05) is 60.7 Å². The molecule has 1 atom stereocenters. The molecular formula is C21H19NO3. The summed E-state index contributed by atoms with van der Waals surface area (Å²) < 4.78 is 11.7. The van der Waals surface area contributed by atoms with Crippen molar-refractivity contribution in [3.8, 4) is 5.75 Å². The quantitative estimate of drug-likeness (QED) is 0.731. The van der Waals surface area contributed by atoms with Gasteiger partial charge >= 0.3 is 0 Å². The summed E-state index contributed by atoms with van der Waals surface area (Å²) in [4.78, 5) is 13.9. The predicted octanol–water partition coefficient (Wildman–Crippen LogP) is 3.65.